The van der Waals surface area contributed by atoms with Crippen LogP contribution in [0, 0.1) is 5.92 Å². The fourth-order valence-electron chi connectivity index (χ4n) is 1.44. The monoisotopic (exact) mass is 236 g/mol. The molecule has 1 N–H and O–H groups in total. The predicted octanol–water partition coefficient (Wildman–Crippen LogP) is 1.88. The summed E-state index contributed by atoms with van der Waals surface area (Å²) in [6.07, 6.45) is -0.151. The van der Waals surface area contributed by atoms with Gasteiger partial charge in [0.25, 0.3) is 0 Å². The Bertz CT molecular complexity index is 384. The second kappa shape index (κ2) is 6.03. The van der Waals surface area contributed by atoms with Gasteiger partial charge < -0.3 is 9.84 Å². The van der Waals surface area contributed by atoms with Crippen LogP contribution in [0.3, 0.4) is 0 Å². The molecule has 92 valence electrons. The second-order valence-electron chi connectivity index (χ2n) is 4.07. The lowest BCUT2D eigenvalue weighted by Gasteiger charge is -2.14. The SMILES string of the molecule is CC(C)OC(=O)C(Cc1ccccc1)C(=O)O. The highest BCUT2D eigenvalue weighted by Crippen LogP contribution is 2.12. The van der Waals surface area contributed by atoms with Crippen LogP contribution >= 0.6 is 0 Å². The third-order valence-corrected chi connectivity index (χ3v) is 2.22. The van der Waals surface area contributed by atoms with Gasteiger partial charge in [0, 0.05) is 0 Å². The average molecular weight is 236 g/mol. The Kier molecular flexibility index (Phi) is 4.69. The van der Waals surface area contributed by atoms with Gasteiger partial charge in [0.05, 0.1) is 6.10 Å². The van der Waals surface area contributed by atoms with Crippen molar-refractivity contribution in [3.05, 3.63) is 35.9 Å². The molecule has 0 heterocycles. The molecule has 0 amide bonds. The van der Waals surface area contributed by atoms with Crippen molar-refractivity contribution in [1.29, 1.82) is 0 Å². The number of benzene rings is 1. The third-order valence-electron chi connectivity index (χ3n) is 2.22. The molecule has 4 nitrogen and oxygen atoms in total. The number of esters is 1. The molecular formula is C13H16O4. The zero-order valence-electron chi connectivity index (χ0n) is 9.92. The van der Waals surface area contributed by atoms with Crippen molar-refractivity contribution in [3.63, 3.8) is 0 Å². The zero-order chi connectivity index (χ0) is 12.8. The zero-order valence-corrected chi connectivity index (χ0v) is 9.92. The number of hydrogen-bond donors (Lipinski definition) is 1. The van der Waals surface area contributed by atoms with Crippen LogP contribution in [-0.2, 0) is 20.7 Å². The smallest absolute Gasteiger partial charge is 0.320 e. The molecule has 0 aliphatic heterocycles. The number of carboxylic acids is 1. The molecule has 0 aliphatic carbocycles. The normalized spacial score (nSPS) is 12.2. The summed E-state index contributed by atoms with van der Waals surface area (Å²) in [6.45, 7) is 3.39. The van der Waals surface area contributed by atoms with E-state index in [9.17, 15) is 9.59 Å². The molecule has 0 bridgehead atoms. The summed E-state index contributed by atoms with van der Waals surface area (Å²) < 4.78 is 4.93. The largest absolute Gasteiger partial charge is 0.481 e. The highest BCUT2D eigenvalue weighted by Gasteiger charge is 2.28. The van der Waals surface area contributed by atoms with Crippen molar-refractivity contribution in [3.8, 4) is 0 Å². The summed E-state index contributed by atoms with van der Waals surface area (Å²) in [5, 5.41) is 9.02. The Hall–Kier alpha value is -1.84. The van der Waals surface area contributed by atoms with Crippen molar-refractivity contribution in [1.82, 2.24) is 0 Å². The maximum atomic E-state index is 11.6. The number of rotatable bonds is 5. The first-order chi connectivity index (χ1) is 8.00. The van der Waals surface area contributed by atoms with Crippen LogP contribution in [0.4, 0.5) is 0 Å². The van der Waals surface area contributed by atoms with Gasteiger partial charge in [-0.1, -0.05) is 30.3 Å². The minimum Gasteiger partial charge on any atom is -0.481 e. The van der Waals surface area contributed by atoms with Crippen LogP contribution in [0.2, 0.25) is 0 Å². The third kappa shape index (κ3) is 4.26. The molecule has 1 aromatic carbocycles. The van der Waals surface area contributed by atoms with Gasteiger partial charge in [-0.3, -0.25) is 9.59 Å². The Morgan fingerprint density at radius 3 is 2.29 bits per heavy atom. The van der Waals surface area contributed by atoms with E-state index in [4.69, 9.17) is 9.84 Å². The van der Waals surface area contributed by atoms with Crippen LogP contribution in [0.15, 0.2) is 30.3 Å². The standard InChI is InChI=1S/C13H16O4/c1-9(2)17-13(16)11(12(14)15)8-10-6-4-3-5-7-10/h3-7,9,11H,8H2,1-2H3,(H,14,15). The average Bonchev–Trinajstić information content (AvgIpc) is 2.25. The van der Waals surface area contributed by atoms with E-state index in [1.165, 1.54) is 0 Å². The van der Waals surface area contributed by atoms with Crippen molar-refractivity contribution < 1.29 is 19.4 Å². The van der Waals surface area contributed by atoms with E-state index in [1.54, 1.807) is 26.0 Å². The van der Waals surface area contributed by atoms with E-state index in [0.717, 1.165) is 5.56 Å². The van der Waals surface area contributed by atoms with Gasteiger partial charge in [0.15, 0.2) is 5.92 Å². The Morgan fingerprint density at radius 1 is 1.24 bits per heavy atom. The summed E-state index contributed by atoms with van der Waals surface area (Å²) in [5.74, 6) is -2.98. The van der Waals surface area contributed by atoms with E-state index < -0.39 is 17.9 Å². The molecule has 17 heavy (non-hydrogen) atoms. The molecule has 1 rings (SSSR count). The number of hydrogen-bond acceptors (Lipinski definition) is 3. The fraction of sp³-hybridized carbons (Fsp3) is 0.385. The van der Waals surface area contributed by atoms with Gasteiger partial charge in [-0.05, 0) is 25.8 Å². The van der Waals surface area contributed by atoms with Gasteiger partial charge in [-0.15, -0.1) is 0 Å². The summed E-state index contributed by atoms with van der Waals surface area (Å²) in [4.78, 5) is 22.6. The molecule has 1 aromatic rings. The number of ether oxygens (including phenoxy) is 1. The molecule has 0 saturated carbocycles. The molecule has 1 unspecified atom stereocenters. The Labute approximate surface area is 100 Å². The van der Waals surface area contributed by atoms with E-state index >= 15 is 0 Å². The molecular weight excluding hydrogens is 220 g/mol. The Balaban J connectivity index is 2.74. The van der Waals surface area contributed by atoms with E-state index in [1.807, 2.05) is 18.2 Å². The minimum atomic E-state index is -1.15. The van der Waals surface area contributed by atoms with Crippen LogP contribution in [0.5, 0.6) is 0 Å². The Morgan fingerprint density at radius 2 is 1.82 bits per heavy atom. The molecule has 0 aromatic heterocycles. The molecule has 0 saturated heterocycles. The van der Waals surface area contributed by atoms with Crippen molar-refractivity contribution in [2.24, 2.45) is 5.92 Å². The van der Waals surface area contributed by atoms with Crippen LogP contribution in [-0.4, -0.2) is 23.1 Å². The highest BCUT2D eigenvalue weighted by molar-refractivity contribution is 5.94. The first-order valence-electron chi connectivity index (χ1n) is 5.48. The van der Waals surface area contributed by atoms with Gasteiger partial charge in [0.2, 0.25) is 0 Å². The number of carbonyl (C=O) groups excluding carboxylic acids is 1. The summed E-state index contributed by atoms with van der Waals surface area (Å²) in [5.41, 5.74) is 0.806. The van der Waals surface area contributed by atoms with Gasteiger partial charge in [0.1, 0.15) is 0 Å². The van der Waals surface area contributed by atoms with Crippen molar-refractivity contribution >= 4 is 11.9 Å². The maximum Gasteiger partial charge on any atom is 0.320 e. The molecule has 0 spiro atoms. The van der Waals surface area contributed by atoms with E-state index in [-0.39, 0.29) is 12.5 Å². The van der Waals surface area contributed by atoms with Gasteiger partial charge in [-0.2, -0.15) is 0 Å². The van der Waals surface area contributed by atoms with Crippen molar-refractivity contribution in [2.75, 3.05) is 0 Å². The molecule has 0 radical (unpaired) electrons. The molecule has 1 atom stereocenters. The van der Waals surface area contributed by atoms with Gasteiger partial charge >= 0.3 is 11.9 Å². The number of carbonyl (C=O) groups is 2. The first-order valence-corrected chi connectivity index (χ1v) is 5.48. The predicted molar refractivity (Wildman–Crippen MR) is 62.5 cm³/mol. The summed E-state index contributed by atoms with van der Waals surface area (Å²) in [6, 6.07) is 9.03. The lowest BCUT2D eigenvalue weighted by molar-refractivity contribution is -0.161. The van der Waals surface area contributed by atoms with E-state index in [0.29, 0.717) is 0 Å². The molecule has 0 fully saturated rings. The number of carboxylic acid groups (broad SMARTS) is 1. The topological polar surface area (TPSA) is 63.6 Å². The summed E-state index contributed by atoms with van der Waals surface area (Å²) >= 11 is 0. The number of aliphatic carboxylic acids is 1. The van der Waals surface area contributed by atoms with Crippen LogP contribution in [0.1, 0.15) is 19.4 Å². The highest BCUT2D eigenvalue weighted by atomic mass is 16.5. The minimum absolute atomic E-state index is 0.154. The first kappa shape index (κ1) is 13.2. The van der Waals surface area contributed by atoms with Crippen LogP contribution < -0.4 is 0 Å². The molecule has 4 heteroatoms. The van der Waals surface area contributed by atoms with Gasteiger partial charge in [-0.25, -0.2) is 0 Å². The lowest BCUT2D eigenvalue weighted by Crippen LogP contribution is -2.29. The maximum absolute atomic E-state index is 11.6. The quantitative estimate of drug-likeness (QED) is 0.626. The van der Waals surface area contributed by atoms with E-state index in [2.05, 4.69) is 0 Å². The van der Waals surface area contributed by atoms with Crippen molar-refractivity contribution in [2.45, 2.75) is 26.4 Å². The fourth-order valence-corrected chi connectivity index (χ4v) is 1.44. The second-order valence-corrected chi connectivity index (χ2v) is 4.07. The summed E-state index contributed by atoms with van der Waals surface area (Å²) in [7, 11) is 0. The van der Waals surface area contributed by atoms with Crippen LogP contribution in [0.25, 0.3) is 0 Å². The molecule has 0 aliphatic rings. The lowest BCUT2D eigenvalue weighted by atomic mass is 9.99.